The predicted molar refractivity (Wildman–Crippen MR) is 124 cm³/mol. The van der Waals surface area contributed by atoms with Crippen LogP contribution in [0.4, 0.5) is 10.2 Å². The van der Waals surface area contributed by atoms with Gasteiger partial charge in [0.05, 0.1) is 30.2 Å². The van der Waals surface area contributed by atoms with Crippen molar-refractivity contribution in [2.75, 3.05) is 31.7 Å². The van der Waals surface area contributed by atoms with Gasteiger partial charge in [-0.3, -0.25) is 0 Å². The van der Waals surface area contributed by atoms with Crippen LogP contribution in [0.5, 0.6) is 0 Å². The Balaban J connectivity index is 2.03. The molecule has 0 unspecified atom stereocenters. The number of aliphatic hydroxyl groups is 1. The van der Waals surface area contributed by atoms with E-state index in [1.165, 1.54) is 12.1 Å². The van der Waals surface area contributed by atoms with Gasteiger partial charge >= 0.3 is 0 Å². The maximum absolute atomic E-state index is 14.1. The summed E-state index contributed by atoms with van der Waals surface area (Å²) in [7, 11) is 1.87. The van der Waals surface area contributed by atoms with Crippen molar-refractivity contribution in [3.8, 4) is 22.4 Å². The van der Waals surface area contributed by atoms with E-state index in [4.69, 9.17) is 14.8 Å². The molecule has 0 atom stereocenters. The second-order valence-electron chi connectivity index (χ2n) is 7.72. The Kier molecular flexibility index (Phi) is 6.48. The fraction of sp³-hybridized carbons (Fsp3) is 0.280. The number of ether oxygens (including phenoxy) is 1. The van der Waals surface area contributed by atoms with Gasteiger partial charge < -0.3 is 14.7 Å². The first-order valence-electron chi connectivity index (χ1n) is 10.7. The Morgan fingerprint density at radius 1 is 1.09 bits per heavy atom. The summed E-state index contributed by atoms with van der Waals surface area (Å²) in [5.41, 5.74) is 5.86. The number of likely N-dealkylation sites (N-methyl/N-ethyl adjacent to an activating group) is 1. The Hall–Kier alpha value is -3.29. The monoisotopic (exact) mass is 434 g/mol. The first-order chi connectivity index (χ1) is 15.5. The smallest absolute Gasteiger partial charge is 0.166 e. The molecular weight excluding hydrogens is 407 g/mol. The van der Waals surface area contributed by atoms with E-state index >= 15 is 0 Å². The largest absolute Gasteiger partial charge is 0.395 e. The van der Waals surface area contributed by atoms with E-state index < -0.39 is 0 Å². The minimum atomic E-state index is -0.321. The summed E-state index contributed by atoms with van der Waals surface area (Å²) < 4.78 is 21.5. The van der Waals surface area contributed by atoms with Crippen LogP contribution in [-0.2, 0) is 11.3 Å². The molecular formula is C25H27FN4O2. The number of halogens is 1. The van der Waals surface area contributed by atoms with Crippen LogP contribution in [0.1, 0.15) is 18.2 Å². The van der Waals surface area contributed by atoms with Gasteiger partial charge in [-0.25, -0.2) is 13.9 Å². The summed E-state index contributed by atoms with van der Waals surface area (Å²) in [6, 6.07) is 16.5. The molecule has 4 rings (SSSR count). The van der Waals surface area contributed by atoms with Crippen LogP contribution in [0.2, 0.25) is 0 Å². The normalized spacial score (nSPS) is 11.3. The number of nitrogens with zero attached hydrogens (tertiary/aromatic N) is 4. The average Bonchev–Trinajstić information content (AvgIpc) is 3.16. The number of aryl methyl sites for hydroxylation is 1. The number of hydrogen-bond donors (Lipinski definition) is 1. The highest BCUT2D eigenvalue weighted by atomic mass is 19.1. The zero-order valence-electron chi connectivity index (χ0n) is 18.5. The second kappa shape index (κ2) is 9.46. The first-order valence-corrected chi connectivity index (χ1v) is 10.7. The summed E-state index contributed by atoms with van der Waals surface area (Å²) in [6.45, 7) is 5.32. The third kappa shape index (κ3) is 4.35. The molecule has 0 bridgehead atoms. The lowest BCUT2D eigenvalue weighted by atomic mass is 10.0. The Morgan fingerprint density at radius 2 is 1.88 bits per heavy atom. The molecule has 0 aliphatic carbocycles. The van der Waals surface area contributed by atoms with Crippen LogP contribution < -0.4 is 4.90 Å². The molecule has 0 spiro atoms. The van der Waals surface area contributed by atoms with Crippen LogP contribution in [0.15, 0.2) is 54.6 Å². The predicted octanol–water partition coefficient (Wildman–Crippen LogP) is 4.48. The summed E-state index contributed by atoms with van der Waals surface area (Å²) in [5, 5.41) is 14.3. The van der Waals surface area contributed by atoms with Gasteiger partial charge in [-0.1, -0.05) is 42.0 Å². The van der Waals surface area contributed by atoms with Crippen LogP contribution >= 0.6 is 0 Å². The van der Waals surface area contributed by atoms with Crippen LogP contribution in [-0.4, -0.2) is 46.5 Å². The van der Waals surface area contributed by atoms with Gasteiger partial charge in [0.25, 0.3) is 0 Å². The first kappa shape index (κ1) is 21.9. The van der Waals surface area contributed by atoms with Crippen molar-refractivity contribution in [2.24, 2.45) is 0 Å². The fourth-order valence-corrected chi connectivity index (χ4v) is 3.68. The highest BCUT2D eigenvalue weighted by Gasteiger charge is 2.21. The van der Waals surface area contributed by atoms with Crippen molar-refractivity contribution in [3.63, 3.8) is 0 Å². The maximum Gasteiger partial charge on any atom is 0.166 e. The van der Waals surface area contributed by atoms with E-state index in [-0.39, 0.29) is 12.4 Å². The molecule has 6 nitrogen and oxygen atoms in total. The molecule has 7 heteroatoms. The third-order valence-corrected chi connectivity index (χ3v) is 5.38. The molecule has 2 heterocycles. The lowest BCUT2D eigenvalue weighted by Gasteiger charge is -2.18. The second-order valence-corrected chi connectivity index (χ2v) is 7.72. The van der Waals surface area contributed by atoms with Crippen molar-refractivity contribution in [3.05, 3.63) is 71.7 Å². The Labute approximate surface area is 186 Å². The SMILES string of the molecule is CCOCc1nn2c(-c3cccc(F)c3)cc(N(C)CCO)nc2c1-c1ccc(C)cc1. The van der Waals surface area contributed by atoms with Crippen LogP contribution in [0, 0.1) is 12.7 Å². The molecule has 1 N–H and O–H groups in total. The summed E-state index contributed by atoms with van der Waals surface area (Å²) in [4.78, 5) is 6.77. The maximum atomic E-state index is 14.1. The molecule has 166 valence electrons. The molecule has 2 aromatic heterocycles. The molecule has 0 radical (unpaired) electrons. The van der Waals surface area contributed by atoms with Crippen LogP contribution in [0.25, 0.3) is 28.0 Å². The molecule has 0 fully saturated rings. The van der Waals surface area contributed by atoms with Crippen molar-refractivity contribution >= 4 is 11.5 Å². The summed E-state index contributed by atoms with van der Waals surface area (Å²) >= 11 is 0. The van der Waals surface area contributed by atoms with Gasteiger partial charge in [0, 0.05) is 31.8 Å². The van der Waals surface area contributed by atoms with E-state index in [1.807, 2.05) is 37.9 Å². The van der Waals surface area contributed by atoms with E-state index in [0.717, 1.165) is 22.4 Å². The van der Waals surface area contributed by atoms with Gasteiger partial charge in [-0.15, -0.1) is 0 Å². The highest BCUT2D eigenvalue weighted by molar-refractivity contribution is 5.83. The molecule has 0 aliphatic heterocycles. The van der Waals surface area contributed by atoms with Gasteiger partial charge in [0.15, 0.2) is 5.65 Å². The lowest BCUT2D eigenvalue weighted by molar-refractivity contribution is 0.131. The molecule has 0 saturated carbocycles. The number of benzene rings is 2. The highest BCUT2D eigenvalue weighted by Crippen LogP contribution is 2.33. The minimum Gasteiger partial charge on any atom is -0.395 e. The molecule has 4 aromatic rings. The standard InChI is InChI=1S/C25H27FN4O2/c1-4-32-16-21-24(18-10-8-17(2)9-11-18)25-27-23(29(3)12-13-31)15-22(30(25)28-21)19-6-5-7-20(26)14-19/h5-11,14-15,31H,4,12-13,16H2,1-3H3. The van der Waals surface area contributed by atoms with Gasteiger partial charge in [-0.2, -0.15) is 5.10 Å². The quantitative estimate of drug-likeness (QED) is 0.443. The summed E-state index contributed by atoms with van der Waals surface area (Å²) in [6.07, 6.45) is 0. The number of rotatable bonds is 8. The number of aromatic nitrogens is 3. The third-order valence-electron chi connectivity index (χ3n) is 5.38. The van der Waals surface area contributed by atoms with Gasteiger partial charge in [0.1, 0.15) is 11.6 Å². The van der Waals surface area contributed by atoms with E-state index in [2.05, 4.69) is 24.3 Å². The Bertz CT molecular complexity index is 1220. The molecule has 2 aromatic carbocycles. The zero-order valence-corrected chi connectivity index (χ0v) is 18.5. The topological polar surface area (TPSA) is 62.9 Å². The molecule has 0 saturated heterocycles. The minimum absolute atomic E-state index is 0.00166. The zero-order chi connectivity index (χ0) is 22.7. The molecule has 0 aliphatic rings. The Morgan fingerprint density at radius 3 is 2.56 bits per heavy atom. The van der Waals surface area contributed by atoms with Gasteiger partial charge in [-0.05, 0) is 31.5 Å². The number of anilines is 1. The lowest BCUT2D eigenvalue weighted by Crippen LogP contribution is -2.22. The van der Waals surface area contributed by atoms with E-state index in [9.17, 15) is 9.50 Å². The molecule has 0 amide bonds. The summed E-state index contributed by atoms with van der Waals surface area (Å²) in [5.74, 6) is 0.347. The van der Waals surface area contributed by atoms with E-state index in [0.29, 0.717) is 42.5 Å². The van der Waals surface area contributed by atoms with Crippen molar-refractivity contribution in [1.82, 2.24) is 14.6 Å². The van der Waals surface area contributed by atoms with Gasteiger partial charge in [0.2, 0.25) is 0 Å². The van der Waals surface area contributed by atoms with E-state index in [1.54, 1.807) is 10.6 Å². The van der Waals surface area contributed by atoms with Crippen LogP contribution in [0.3, 0.4) is 0 Å². The van der Waals surface area contributed by atoms with Crippen molar-refractivity contribution in [1.29, 1.82) is 0 Å². The average molecular weight is 435 g/mol. The number of aliphatic hydroxyl groups excluding tert-OH is 1. The fourth-order valence-electron chi connectivity index (χ4n) is 3.68. The number of hydrogen-bond acceptors (Lipinski definition) is 5. The number of fused-ring (bicyclic) bond motifs is 1. The van der Waals surface area contributed by atoms with Crippen molar-refractivity contribution < 1.29 is 14.2 Å². The van der Waals surface area contributed by atoms with Crippen molar-refractivity contribution in [2.45, 2.75) is 20.5 Å². The molecule has 32 heavy (non-hydrogen) atoms.